The fraction of sp³-hybridized carbons (Fsp3) is 0.316. The summed E-state index contributed by atoms with van der Waals surface area (Å²) < 4.78 is 27.3. The Morgan fingerprint density at radius 3 is 2.31 bits per heavy atom. The van der Waals surface area contributed by atoms with Crippen LogP contribution < -0.4 is 15.8 Å². The molecule has 2 aromatic carbocycles. The number of nitrogens with one attached hydrogen (secondary N) is 2. The summed E-state index contributed by atoms with van der Waals surface area (Å²) in [6, 6.07) is 14.9. The van der Waals surface area contributed by atoms with Crippen LogP contribution in [0.2, 0.25) is 0 Å². The Morgan fingerprint density at radius 1 is 0.962 bits per heavy atom. The van der Waals surface area contributed by atoms with Gasteiger partial charge >= 0.3 is 0 Å². The first-order valence-electron chi connectivity index (χ1n) is 8.68. The van der Waals surface area contributed by atoms with Crippen LogP contribution in [0.4, 0.5) is 11.4 Å². The molecule has 1 fully saturated rings. The molecule has 1 aliphatic rings. The van der Waals surface area contributed by atoms with E-state index < -0.39 is 10.0 Å². The maximum atomic E-state index is 12.4. The highest BCUT2D eigenvalue weighted by Crippen LogP contribution is 2.25. The molecule has 6 nitrogen and oxygen atoms in total. The van der Waals surface area contributed by atoms with Crippen LogP contribution in [0.5, 0.6) is 0 Å². The molecule has 0 aliphatic heterocycles. The molecule has 0 radical (unpaired) electrons. The number of amides is 1. The predicted octanol–water partition coefficient (Wildman–Crippen LogP) is 2.94. The molecule has 0 spiro atoms. The van der Waals surface area contributed by atoms with Gasteiger partial charge in [-0.05, 0) is 55.7 Å². The number of sulfonamides is 1. The molecule has 1 saturated carbocycles. The summed E-state index contributed by atoms with van der Waals surface area (Å²) in [4.78, 5) is 12.5. The average molecular weight is 373 g/mol. The van der Waals surface area contributed by atoms with E-state index in [0.717, 1.165) is 19.3 Å². The third-order valence-corrected chi connectivity index (χ3v) is 5.94. The zero-order chi connectivity index (χ0) is 18.6. The normalized spacial score (nSPS) is 20.3. The lowest BCUT2D eigenvalue weighted by Gasteiger charge is -2.25. The van der Waals surface area contributed by atoms with Gasteiger partial charge in [-0.1, -0.05) is 24.6 Å². The minimum atomic E-state index is -3.67. The van der Waals surface area contributed by atoms with Crippen molar-refractivity contribution in [1.29, 1.82) is 0 Å². The van der Waals surface area contributed by atoms with Gasteiger partial charge in [0.15, 0.2) is 0 Å². The monoisotopic (exact) mass is 373 g/mol. The van der Waals surface area contributed by atoms with Crippen molar-refractivity contribution >= 4 is 27.3 Å². The third kappa shape index (κ3) is 4.62. The smallest absolute Gasteiger partial charge is 0.261 e. The average Bonchev–Trinajstić information content (AvgIpc) is 2.62. The number of nitrogens with two attached hydrogens (primary N) is 1. The van der Waals surface area contributed by atoms with Crippen molar-refractivity contribution in [3.8, 4) is 0 Å². The summed E-state index contributed by atoms with van der Waals surface area (Å²) in [6.45, 7) is 0. The lowest BCUT2D eigenvalue weighted by Crippen LogP contribution is -2.34. The first-order chi connectivity index (χ1) is 12.4. The van der Waals surface area contributed by atoms with E-state index in [0.29, 0.717) is 17.8 Å². The maximum Gasteiger partial charge on any atom is 0.261 e. The van der Waals surface area contributed by atoms with E-state index in [-0.39, 0.29) is 22.8 Å². The fourth-order valence-electron chi connectivity index (χ4n) is 3.15. The van der Waals surface area contributed by atoms with Crippen molar-refractivity contribution in [2.24, 2.45) is 11.7 Å². The van der Waals surface area contributed by atoms with E-state index in [1.165, 1.54) is 12.1 Å². The maximum absolute atomic E-state index is 12.4. The highest BCUT2D eigenvalue weighted by Gasteiger charge is 2.25. The van der Waals surface area contributed by atoms with Crippen LogP contribution in [0, 0.1) is 5.92 Å². The molecule has 0 bridgehead atoms. The minimum Gasteiger partial charge on any atom is -0.328 e. The summed E-state index contributed by atoms with van der Waals surface area (Å²) >= 11 is 0. The molecular weight excluding hydrogens is 350 g/mol. The van der Waals surface area contributed by atoms with Gasteiger partial charge in [0, 0.05) is 23.3 Å². The lowest BCUT2D eigenvalue weighted by atomic mass is 9.85. The molecule has 2 atom stereocenters. The van der Waals surface area contributed by atoms with Crippen LogP contribution in [0.15, 0.2) is 59.5 Å². The summed E-state index contributed by atoms with van der Waals surface area (Å²) in [7, 11) is -3.67. The van der Waals surface area contributed by atoms with Gasteiger partial charge in [-0.3, -0.25) is 9.52 Å². The van der Waals surface area contributed by atoms with Crippen LogP contribution in [0.1, 0.15) is 25.7 Å². The van der Waals surface area contributed by atoms with Gasteiger partial charge in [-0.25, -0.2) is 8.42 Å². The number of hydrogen-bond acceptors (Lipinski definition) is 4. The Labute approximate surface area is 153 Å². The van der Waals surface area contributed by atoms with E-state index in [2.05, 4.69) is 10.0 Å². The topological polar surface area (TPSA) is 101 Å². The van der Waals surface area contributed by atoms with Crippen molar-refractivity contribution in [1.82, 2.24) is 0 Å². The molecule has 0 aromatic heterocycles. The zero-order valence-electron chi connectivity index (χ0n) is 14.4. The molecule has 3 rings (SSSR count). The Hall–Kier alpha value is -2.38. The fourth-order valence-corrected chi connectivity index (χ4v) is 4.21. The summed E-state index contributed by atoms with van der Waals surface area (Å²) in [6.07, 6.45) is 3.46. The Balaban J connectivity index is 1.65. The summed E-state index contributed by atoms with van der Waals surface area (Å²) in [5, 5.41) is 2.85. The minimum absolute atomic E-state index is 0.0573. The number of hydrogen-bond donors (Lipinski definition) is 3. The first kappa shape index (κ1) is 18.4. The number of carbonyl (C=O) groups is 1. The summed E-state index contributed by atoms with van der Waals surface area (Å²) in [5.74, 6) is -0.139. The van der Waals surface area contributed by atoms with Gasteiger partial charge in [-0.2, -0.15) is 0 Å². The summed E-state index contributed by atoms with van der Waals surface area (Å²) in [5.41, 5.74) is 7.01. The van der Waals surface area contributed by atoms with Crippen molar-refractivity contribution in [2.45, 2.75) is 36.6 Å². The first-order valence-corrected chi connectivity index (χ1v) is 10.2. The Kier molecular flexibility index (Phi) is 5.58. The van der Waals surface area contributed by atoms with Gasteiger partial charge < -0.3 is 11.1 Å². The SMILES string of the molecule is NC1CCCC(C(=O)Nc2ccc(S(=O)(=O)Nc3ccccc3)cc2)C1. The number of para-hydroxylation sites is 1. The van der Waals surface area contributed by atoms with Crippen LogP contribution in [-0.4, -0.2) is 20.4 Å². The van der Waals surface area contributed by atoms with Gasteiger partial charge in [0.05, 0.1) is 4.90 Å². The Morgan fingerprint density at radius 2 is 1.65 bits per heavy atom. The quantitative estimate of drug-likeness (QED) is 0.750. The van der Waals surface area contributed by atoms with E-state index in [1.807, 2.05) is 6.07 Å². The van der Waals surface area contributed by atoms with Gasteiger partial charge in [-0.15, -0.1) is 0 Å². The van der Waals surface area contributed by atoms with Crippen LogP contribution >= 0.6 is 0 Å². The largest absolute Gasteiger partial charge is 0.328 e. The van der Waals surface area contributed by atoms with Crippen LogP contribution in [0.25, 0.3) is 0 Å². The number of anilines is 2. The van der Waals surface area contributed by atoms with Crippen molar-refractivity contribution in [3.05, 3.63) is 54.6 Å². The molecular formula is C19H23N3O3S. The van der Waals surface area contributed by atoms with Crippen molar-refractivity contribution in [2.75, 3.05) is 10.0 Å². The van der Waals surface area contributed by atoms with Gasteiger partial charge in [0.25, 0.3) is 10.0 Å². The molecule has 2 unspecified atom stereocenters. The molecule has 4 N–H and O–H groups in total. The molecule has 138 valence electrons. The highest BCUT2D eigenvalue weighted by atomic mass is 32.2. The zero-order valence-corrected chi connectivity index (χ0v) is 15.2. The second-order valence-corrected chi connectivity index (χ2v) is 8.29. The molecule has 0 heterocycles. The number of rotatable bonds is 5. The van der Waals surface area contributed by atoms with Gasteiger partial charge in [0.2, 0.25) is 5.91 Å². The van der Waals surface area contributed by atoms with Crippen molar-refractivity contribution < 1.29 is 13.2 Å². The van der Waals surface area contributed by atoms with Gasteiger partial charge in [0.1, 0.15) is 0 Å². The second-order valence-electron chi connectivity index (χ2n) is 6.61. The molecule has 0 saturated heterocycles. The molecule has 1 amide bonds. The Bertz CT molecular complexity index is 851. The predicted molar refractivity (Wildman–Crippen MR) is 102 cm³/mol. The van der Waals surface area contributed by atoms with E-state index >= 15 is 0 Å². The number of benzene rings is 2. The lowest BCUT2D eigenvalue weighted by molar-refractivity contribution is -0.120. The van der Waals surface area contributed by atoms with Crippen LogP contribution in [-0.2, 0) is 14.8 Å². The number of carbonyl (C=O) groups excluding carboxylic acids is 1. The third-order valence-electron chi connectivity index (χ3n) is 4.54. The highest BCUT2D eigenvalue weighted by molar-refractivity contribution is 7.92. The standard InChI is InChI=1S/C19H23N3O3S/c20-15-6-4-5-14(13-15)19(23)21-16-9-11-18(12-10-16)26(24,25)22-17-7-2-1-3-8-17/h1-3,7-12,14-15,22H,4-6,13,20H2,(H,21,23). The van der Waals surface area contributed by atoms with E-state index in [1.54, 1.807) is 36.4 Å². The molecule has 1 aliphatic carbocycles. The second kappa shape index (κ2) is 7.88. The molecule has 2 aromatic rings. The molecule has 26 heavy (non-hydrogen) atoms. The van der Waals surface area contributed by atoms with Crippen molar-refractivity contribution in [3.63, 3.8) is 0 Å². The molecule has 7 heteroatoms. The van der Waals surface area contributed by atoms with E-state index in [9.17, 15) is 13.2 Å². The van der Waals surface area contributed by atoms with E-state index in [4.69, 9.17) is 5.73 Å². The van der Waals surface area contributed by atoms with Crippen LogP contribution in [0.3, 0.4) is 0 Å².